The van der Waals surface area contributed by atoms with Gasteiger partial charge in [0.15, 0.2) is 5.82 Å². The zero-order valence-corrected chi connectivity index (χ0v) is 34.7. The Labute approximate surface area is 334 Å². The number of ether oxygens (including phenoxy) is 4. The second-order valence-electron chi connectivity index (χ2n) is 16.6. The molecule has 314 valence electrons. The monoisotopic (exact) mass is 818 g/mol. The fourth-order valence-corrected chi connectivity index (χ4v) is 7.82. The molecule has 2 aliphatic rings. The molecule has 0 unspecified atom stereocenters. The molecular weight excluding hydrogens is 764 g/mol. The highest BCUT2D eigenvalue weighted by Gasteiger charge is 2.44. The molecule has 3 amide bonds. The van der Waals surface area contributed by atoms with E-state index in [4.69, 9.17) is 18.9 Å². The SMILES string of the molecule is C=CCOC(=O)NS(=O)(=O)N(CC(=O)OC(C)(C)C)c1c(OCc2ccccc2)cc2c(c1F)C[C@H](CN(CC1CC(C(C)C)C1)C(=O)OC(C)(C)C)N2C(=O)O. The van der Waals surface area contributed by atoms with Crippen molar-refractivity contribution < 1.29 is 56.0 Å². The van der Waals surface area contributed by atoms with Crippen molar-refractivity contribution in [2.75, 3.05) is 35.4 Å². The van der Waals surface area contributed by atoms with E-state index in [1.807, 2.05) is 0 Å². The predicted molar refractivity (Wildman–Crippen MR) is 211 cm³/mol. The molecule has 2 aromatic carbocycles. The molecule has 2 N–H and O–H groups in total. The maximum Gasteiger partial charge on any atom is 0.422 e. The van der Waals surface area contributed by atoms with Crippen LogP contribution in [0.2, 0.25) is 0 Å². The van der Waals surface area contributed by atoms with Crippen LogP contribution in [0.25, 0.3) is 0 Å². The molecule has 1 aliphatic heterocycles. The van der Waals surface area contributed by atoms with Crippen molar-refractivity contribution in [3.63, 3.8) is 0 Å². The van der Waals surface area contributed by atoms with Crippen LogP contribution in [-0.2, 0) is 42.2 Å². The summed E-state index contributed by atoms with van der Waals surface area (Å²) in [5.41, 5.74) is -2.52. The molecular formula is C40H55FN4O11S. The van der Waals surface area contributed by atoms with Crippen LogP contribution in [0.1, 0.15) is 79.4 Å². The number of carboxylic acid groups (broad SMARTS) is 1. The number of halogens is 1. The van der Waals surface area contributed by atoms with Gasteiger partial charge in [0, 0.05) is 31.1 Å². The van der Waals surface area contributed by atoms with E-state index in [2.05, 4.69) is 20.4 Å². The first-order valence-electron chi connectivity index (χ1n) is 18.8. The minimum Gasteiger partial charge on any atom is -0.487 e. The highest BCUT2D eigenvalue weighted by Crippen LogP contribution is 2.46. The summed E-state index contributed by atoms with van der Waals surface area (Å²) in [5, 5.41) is 10.6. The molecule has 4 rings (SSSR count). The summed E-state index contributed by atoms with van der Waals surface area (Å²) in [5.74, 6) is -1.71. The number of amides is 3. The molecule has 0 radical (unpaired) electrons. The van der Waals surface area contributed by atoms with Gasteiger partial charge in [-0.1, -0.05) is 56.8 Å². The zero-order chi connectivity index (χ0) is 42.5. The van der Waals surface area contributed by atoms with Gasteiger partial charge in [-0.15, -0.1) is 0 Å². The summed E-state index contributed by atoms with van der Waals surface area (Å²) < 4.78 is 69.2. The Bertz CT molecular complexity index is 1910. The minimum absolute atomic E-state index is 0.144. The second kappa shape index (κ2) is 18.0. The smallest absolute Gasteiger partial charge is 0.422 e. The summed E-state index contributed by atoms with van der Waals surface area (Å²) in [7, 11) is -5.16. The molecule has 1 heterocycles. The van der Waals surface area contributed by atoms with Gasteiger partial charge in [-0.3, -0.25) is 9.69 Å². The van der Waals surface area contributed by atoms with E-state index in [1.165, 1.54) is 17.0 Å². The Morgan fingerprint density at radius 1 is 1.04 bits per heavy atom. The minimum atomic E-state index is -5.16. The fourth-order valence-electron chi connectivity index (χ4n) is 6.76. The number of nitrogens with zero attached hydrogens (tertiary/aromatic N) is 3. The lowest BCUT2D eigenvalue weighted by atomic mass is 9.69. The average Bonchev–Trinajstić information content (AvgIpc) is 3.43. The van der Waals surface area contributed by atoms with Crippen molar-refractivity contribution >= 4 is 45.8 Å². The van der Waals surface area contributed by atoms with E-state index >= 15 is 4.39 Å². The van der Waals surface area contributed by atoms with Crippen LogP contribution in [-0.4, -0.2) is 86.2 Å². The number of anilines is 2. The molecule has 1 fully saturated rings. The standard InChI is InChI=1S/C40H55FN4O11S/c1-10-16-53-36(47)42-57(51,52)44(23-33(46)55-39(4,5)6)35-32(54-24-26-14-12-11-13-15-26)20-31-30(34(35)41)19-29(45(31)37(48)49)22-43(38(50)56-40(7,8)9)21-27-17-28(18-27)25(2)3/h10-15,20,25,27-29H,1,16-19,21-24H2,2-9H3,(H,42,47)(H,48,49)/t27?,28?,29-/m1/s1. The van der Waals surface area contributed by atoms with Crippen molar-refractivity contribution in [2.45, 2.75) is 98.5 Å². The van der Waals surface area contributed by atoms with E-state index in [1.54, 1.807) is 76.6 Å². The summed E-state index contributed by atoms with van der Waals surface area (Å²) in [6.45, 7) is 15.9. The van der Waals surface area contributed by atoms with Gasteiger partial charge in [0.2, 0.25) is 0 Å². The van der Waals surface area contributed by atoms with Gasteiger partial charge in [-0.25, -0.2) is 27.8 Å². The lowest BCUT2D eigenvalue weighted by molar-refractivity contribution is -0.152. The second-order valence-corrected chi connectivity index (χ2v) is 18.2. The number of fused-ring (bicyclic) bond motifs is 1. The highest BCUT2D eigenvalue weighted by molar-refractivity contribution is 7.91. The number of hydrogen-bond acceptors (Lipinski definition) is 10. The Hall–Kier alpha value is -5.06. The van der Waals surface area contributed by atoms with E-state index in [0.29, 0.717) is 21.7 Å². The summed E-state index contributed by atoms with van der Waals surface area (Å²) in [6, 6.07) is 8.74. The van der Waals surface area contributed by atoms with Gasteiger partial charge < -0.3 is 29.0 Å². The van der Waals surface area contributed by atoms with Crippen LogP contribution < -0.4 is 18.7 Å². The largest absolute Gasteiger partial charge is 0.487 e. The number of benzene rings is 2. The van der Waals surface area contributed by atoms with Crippen LogP contribution >= 0.6 is 0 Å². The Morgan fingerprint density at radius 2 is 1.67 bits per heavy atom. The molecule has 57 heavy (non-hydrogen) atoms. The number of carbonyl (C=O) groups is 4. The molecule has 1 aliphatic carbocycles. The molecule has 1 saturated carbocycles. The number of nitrogens with one attached hydrogen (secondary N) is 1. The van der Waals surface area contributed by atoms with E-state index < -0.39 is 75.5 Å². The van der Waals surface area contributed by atoms with Crippen LogP contribution in [0.5, 0.6) is 5.75 Å². The molecule has 0 saturated heterocycles. The van der Waals surface area contributed by atoms with Crippen LogP contribution in [0.4, 0.5) is 30.1 Å². The van der Waals surface area contributed by atoms with Crippen molar-refractivity contribution in [1.82, 2.24) is 9.62 Å². The van der Waals surface area contributed by atoms with Crippen LogP contribution in [0.3, 0.4) is 0 Å². The van der Waals surface area contributed by atoms with E-state index in [9.17, 15) is 32.7 Å². The van der Waals surface area contributed by atoms with Crippen molar-refractivity contribution in [1.29, 1.82) is 0 Å². The first-order valence-corrected chi connectivity index (χ1v) is 20.3. The maximum atomic E-state index is 17.4. The first kappa shape index (κ1) is 44.7. The zero-order valence-electron chi connectivity index (χ0n) is 33.9. The maximum absolute atomic E-state index is 17.4. The molecule has 2 aromatic rings. The Kier molecular flexibility index (Phi) is 14.1. The number of rotatable bonds is 15. The summed E-state index contributed by atoms with van der Waals surface area (Å²) >= 11 is 0. The number of carbonyl (C=O) groups excluding carboxylic acids is 3. The fraction of sp³-hybridized carbons (Fsp3) is 0.550. The lowest BCUT2D eigenvalue weighted by Crippen LogP contribution is -2.50. The molecule has 0 bridgehead atoms. The number of esters is 1. The van der Waals surface area contributed by atoms with Crippen molar-refractivity contribution in [3.05, 3.63) is 66.0 Å². The van der Waals surface area contributed by atoms with Gasteiger partial charge in [-0.05, 0) is 77.7 Å². The summed E-state index contributed by atoms with van der Waals surface area (Å²) in [6.07, 6.45) is -0.908. The van der Waals surface area contributed by atoms with Gasteiger partial charge in [0.1, 0.15) is 42.4 Å². The van der Waals surface area contributed by atoms with Gasteiger partial charge >= 0.3 is 34.5 Å². The van der Waals surface area contributed by atoms with Gasteiger partial charge in [-0.2, -0.15) is 8.42 Å². The Balaban J connectivity index is 1.84. The highest BCUT2D eigenvalue weighted by atomic mass is 32.2. The third-order valence-corrected chi connectivity index (χ3v) is 10.7. The van der Waals surface area contributed by atoms with Crippen LogP contribution in [0.15, 0.2) is 49.1 Å². The lowest BCUT2D eigenvalue weighted by Gasteiger charge is -2.41. The third kappa shape index (κ3) is 12.0. The topological polar surface area (TPSA) is 181 Å². The normalized spacial score (nSPS) is 17.9. The quantitative estimate of drug-likeness (QED) is 0.107. The molecule has 15 nitrogen and oxygen atoms in total. The predicted octanol–water partition coefficient (Wildman–Crippen LogP) is 7.04. The first-order chi connectivity index (χ1) is 26.5. The third-order valence-electron chi connectivity index (χ3n) is 9.34. The van der Waals surface area contributed by atoms with Gasteiger partial charge in [0.05, 0.1) is 11.7 Å². The molecule has 0 aromatic heterocycles. The summed E-state index contributed by atoms with van der Waals surface area (Å²) in [4.78, 5) is 54.8. The van der Waals surface area contributed by atoms with E-state index in [0.717, 1.165) is 17.7 Å². The van der Waals surface area contributed by atoms with Crippen molar-refractivity contribution in [2.24, 2.45) is 17.8 Å². The van der Waals surface area contributed by atoms with E-state index in [-0.39, 0.29) is 49.9 Å². The number of hydrogen-bond donors (Lipinski definition) is 2. The van der Waals surface area contributed by atoms with Crippen LogP contribution in [0, 0.1) is 23.6 Å². The molecule has 0 spiro atoms. The van der Waals surface area contributed by atoms with Crippen molar-refractivity contribution in [3.8, 4) is 5.75 Å². The molecule has 17 heteroatoms. The van der Waals surface area contributed by atoms with Gasteiger partial charge in [0.25, 0.3) is 0 Å². The average molecular weight is 819 g/mol. The Morgan fingerprint density at radius 3 is 2.23 bits per heavy atom. The molecule has 1 atom stereocenters.